The summed E-state index contributed by atoms with van der Waals surface area (Å²) < 4.78 is 51.2. The number of nitrogens with two attached hydrogens (primary N) is 1. The lowest BCUT2D eigenvalue weighted by atomic mass is 10.1. The van der Waals surface area contributed by atoms with Gasteiger partial charge in [-0.05, 0) is 18.2 Å². The number of alkyl halides is 3. The van der Waals surface area contributed by atoms with Crippen molar-refractivity contribution in [1.29, 1.82) is 0 Å². The average Bonchev–Trinajstić information content (AvgIpc) is 2.09. The third-order valence-corrected chi connectivity index (χ3v) is 2.01. The molecule has 0 aromatic heterocycles. The highest BCUT2D eigenvalue weighted by Crippen LogP contribution is 2.34. The smallest absolute Gasteiger partial charge is 0.366 e. The van der Waals surface area contributed by atoms with E-state index in [0.29, 0.717) is 6.07 Å². The summed E-state index contributed by atoms with van der Waals surface area (Å²) in [7, 11) is 0. The molecule has 6 heteroatoms. The van der Waals surface area contributed by atoms with Crippen molar-refractivity contribution >= 4 is 21.8 Å². The van der Waals surface area contributed by atoms with Crippen LogP contribution in [0.1, 0.15) is 18.7 Å². The predicted molar refractivity (Wildman–Crippen MR) is 47.7 cm³/mol. The van der Waals surface area contributed by atoms with Crippen LogP contribution in [0.15, 0.2) is 22.6 Å². The second-order valence-electron chi connectivity index (χ2n) is 2.38. The largest absolute Gasteiger partial charge is 0.417 e. The minimum absolute atomic E-state index is 0.461. The summed E-state index contributed by atoms with van der Waals surface area (Å²) in [6.45, 7) is 0. The Kier molecular flexibility index (Phi) is 2.13. The Morgan fingerprint density at radius 2 is 2.14 bits per heavy atom. The molecule has 0 saturated carbocycles. The second-order valence-corrected chi connectivity index (χ2v) is 3.17. The number of primary amides is 1. The molecule has 0 spiro atoms. The van der Waals surface area contributed by atoms with Gasteiger partial charge in [-0.3, -0.25) is 4.79 Å². The van der Waals surface area contributed by atoms with E-state index in [0.717, 1.165) is 0 Å². The molecule has 1 aromatic carbocycles. The lowest BCUT2D eigenvalue weighted by Crippen LogP contribution is -2.12. The Morgan fingerprint density at radius 3 is 2.57 bits per heavy atom. The minimum Gasteiger partial charge on any atom is -0.366 e. The zero-order valence-electron chi connectivity index (χ0n) is 8.57. The molecule has 2 N–H and O–H groups in total. The summed E-state index contributed by atoms with van der Waals surface area (Å²) in [6.07, 6.45) is -4.69. The van der Waals surface area contributed by atoms with Crippen LogP contribution in [0.4, 0.5) is 13.2 Å². The van der Waals surface area contributed by atoms with Crippen LogP contribution in [-0.2, 0) is 6.18 Å². The van der Waals surface area contributed by atoms with Gasteiger partial charge in [-0.1, -0.05) is 15.9 Å². The number of benzene rings is 1. The van der Waals surface area contributed by atoms with E-state index in [1.165, 1.54) is 0 Å². The molecule has 0 bridgehead atoms. The molecule has 1 amide bonds. The first-order valence-corrected chi connectivity index (χ1v) is 4.12. The Hall–Kier alpha value is -1.04. The SMILES string of the molecule is [2H]c1cc(C(F)(F)F)c(Br)c([2H])c1C(N)=O. The standard InChI is InChI=1S/C8H5BrF3NO/c9-6-3-4(7(13)14)1-2-5(6)8(10,11)12/h1-3H,(H2,13,14)/i1D,3D. The first kappa shape index (κ1) is 8.28. The number of hydrogen-bond acceptors (Lipinski definition) is 1. The van der Waals surface area contributed by atoms with Crippen molar-refractivity contribution < 1.29 is 20.7 Å². The van der Waals surface area contributed by atoms with Gasteiger partial charge < -0.3 is 5.73 Å². The van der Waals surface area contributed by atoms with Gasteiger partial charge in [0.2, 0.25) is 5.91 Å². The molecule has 1 rings (SSSR count). The second kappa shape index (κ2) is 3.61. The first-order chi connectivity index (χ1) is 7.16. The maximum Gasteiger partial charge on any atom is 0.417 e. The molecule has 14 heavy (non-hydrogen) atoms. The topological polar surface area (TPSA) is 43.1 Å². The van der Waals surface area contributed by atoms with Crippen molar-refractivity contribution in [2.45, 2.75) is 6.18 Å². The molecule has 0 heterocycles. The third kappa shape index (κ3) is 2.25. The molecule has 0 fully saturated rings. The van der Waals surface area contributed by atoms with Crippen molar-refractivity contribution in [3.63, 3.8) is 0 Å². The third-order valence-electron chi connectivity index (χ3n) is 1.38. The molecule has 1 aromatic rings. The predicted octanol–water partition coefficient (Wildman–Crippen LogP) is 2.57. The fraction of sp³-hybridized carbons (Fsp3) is 0.125. The zero-order chi connectivity index (χ0) is 12.7. The summed E-state index contributed by atoms with van der Waals surface area (Å²) >= 11 is 2.57. The van der Waals surface area contributed by atoms with Gasteiger partial charge in [-0.15, -0.1) is 0 Å². The van der Waals surface area contributed by atoms with Crippen LogP contribution < -0.4 is 5.73 Å². The molecular formula is C8H5BrF3NO. The van der Waals surface area contributed by atoms with Crippen LogP contribution in [0.2, 0.25) is 0 Å². The van der Waals surface area contributed by atoms with E-state index in [1.807, 2.05) is 0 Å². The summed E-state index contributed by atoms with van der Waals surface area (Å²) in [5.74, 6) is -1.11. The van der Waals surface area contributed by atoms with Gasteiger partial charge in [0.1, 0.15) is 0 Å². The quantitative estimate of drug-likeness (QED) is 0.837. The summed E-state index contributed by atoms with van der Waals surface area (Å²) in [6, 6.07) is -0.984. The Balaban J connectivity index is 3.58. The van der Waals surface area contributed by atoms with Crippen molar-refractivity contribution in [3.8, 4) is 0 Å². The normalized spacial score (nSPS) is 13.4. The lowest BCUT2D eigenvalue weighted by molar-refractivity contribution is -0.138. The van der Waals surface area contributed by atoms with E-state index in [1.54, 1.807) is 0 Å². The molecule has 0 saturated heterocycles. The van der Waals surface area contributed by atoms with Crippen molar-refractivity contribution in [2.75, 3.05) is 0 Å². The van der Waals surface area contributed by atoms with Gasteiger partial charge in [-0.2, -0.15) is 13.2 Å². The molecule has 2 nitrogen and oxygen atoms in total. The van der Waals surface area contributed by atoms with Crippen LogP contribution in [0.25, 0.3) is 0 Å². The minimum atomic E-state index is -4.69. The van der Waals surface area contributed by atoms with Crippen LogP contribution in [0.3, 0.4) is 0 Å². The van der Waals surface area contributed by atoms with Crippen molar-refractivity contribution in [2.24, 2.45) is 5.73 Å². The van der Waals surface area contributed by atoms with Crippen molar-refractivity contribution in [1.82, 2.24) is 0 Å². The van der Waals surface area contributed by atoms with E-state index in [2.05, 4.69) is 15.9 Å². The maximum absolute atomic E-state index is 12.4. The molecule has 76 valence electrons. The average molecular weight is 270 g/mol. The number of carbonyl (C=O) groups is 1. The molecule has 0 unspecified atom stereocenters. The maximum atomic E-state index is 12.4. The zero-order valence-corrected chi connectivity index (χ0v) is 8.16. The number of rotatable bonds is 1. The number of halogens is 4. The highest BCUT2D eigenvalue weighted by molar-refractivity contribution is 9.10. The molecular weight excluding hydrogens is 263 g/mol. The van der Waals surface area contributed by atoms with Crippen LogP contribution in [0, 0.1) is 0 Å². The Labute approximate surface area is 88.8 Å². The summed E-state index contributed by atoms with van der Waals surface area (Å²) in [5, 5.41) is 0. The monoisotopic (exact) mass is 269 g/mol. The van der Waals surface area contributed by atoms with Gasteiger partial charge in [0.15, 0.2) is 0 Å². The van der Waals surface area contributed by atoms with E-state index in [9.17, 15) is 18.0 Å². The number of carbonyl (C=O) groups excluding carboxylic acids is 1. The molecule has 0 aliphatic rings. The van der Waals surface area contributed by atoms with E-state index in [4.69, 9.17) is 8.48 Å². The first-order valence-electron chi connectivity index (χ1n) is 4.33. The van der Waals surface area contributed by atoms with Crippen molar-refractivity contribution in [3.05, 3.63) is 33.8 Å². The van der Waals surface area contributed by atoms with Gasteiger partial charge in [0.25, 0.3) is 0 Å². The van der Waals surface area contributed by atoms with E-state index < -0.39 is 39.8 Å². The summed E-state index contributed by atoms with van der Waals surface area (Å²) in [4.78, 5) is 10.8. The Bertz CT molecular complexity index is 462. The van der Waals surface area contributed by atoms with Gasteiger partial charge in [0.05, 0.1) is 8.30 Å². The summed E-state index contributed by atoms with van der Waals surface area (Å²) in [5.41, 5.74) is 3.15. The van der Waals surface area contributed by atoms with Crippen LogP contribution in [-0.4, -0.2) is 5.91 Å². The highest BCUT2D eigenvalue weighted by Gasteiger charge is 2.32. The number of hydrogen-bond donors (Lipinski definition) is 1. The molecule has 0 aliphatic carbocycles. The molecule has 0 atom stereocenters. The highest BCUT2D eigenvalue weighted by atomic mass is 79.9. The van der Waals surface area contributed by atoms with E-state index in [-0.39, 0.29) is 0 Å². The molecule has 0 aliphatic heterocycles. The van der Waals surface area contributed by atoms with Gasteiger partial charge in [-0.25, -0.2) is 0 Å². The van der Waals surface area contributed by atoms with Crippen LogP contribution in [0.5, 0.6) is 0 Å². The number of amides is 1. The Morgan fingerprint density at radius 1 is 1.57 bits per heavy atom. The van der Waals surface area contributed by atoms with Crippen LogP contribution >= 0.6 is 15.9 Å². The lowest BCUT2D eigenvalue weighted by Gasteiger charge is -2.09. The fourth-order valence-electron chi connectivity index (χ4n) is 0.760. The van der Waals surface area contributed by atoms with E-state index >= 15 is 0 Å². The fourth-order valence-corrected chi connectivity index (χ4v) is 1.30. The van der Waals surface area contributed by atoms with Gasteiger partial charge in [0, 0.05) is 10.0 Å². The van der Waals surface area contributed by atoms with Gasteiger partial charge >= 0.3 is 6.18 Å². The molecule has 0 radical (unpaired) electrons.